The third-order valence-corrected chi connectivity index (χ3v) is 2.15. The molecule has 0 saturated heterocycles. The summed E-state index contributed by atoms with van der Waals surface area (Å²) >= 11 is 0. The van der Waals surface area contributed by atoms with Gasteiger partial charge in [-0.05, 0) is 31.2 Å². The summed E-state index contributed by atoms with van der Waals surface area (Å²) in [6.07, 6.45) is -0.625. The summed E-state index contributed by atoms with van der Waals surface area (Å²) in [6.45, 7) is 5.14. The van der Waals surface area contributed by atoms with Gasteiger partial charge in [-0.3, -0.25) is 0 Å². The van der Waals surface area contributed by atoms with Crippen LogP contribution in [0.2, 0.25) is 0 Å². The van der Waals surface area contributed by atoms with E-state index in [-0.39, 0.29) is 12.4 Å². The first-order valence-electron chi connectivity index (χ1n) is 5.41. The van der Waals surface area contributed by atoms with Gasteiger partial charge < -0.3 is 15.2 Å². The van der Waals surface area contributed by atoms with E-state index in [9.17, 15) is 9.50 Å². The van der Waals surface area contributed by atoms with Crippen LogP contribution in [0, 0.1) is 12.7 Å². The zero-order chi connectivity index (χ0) is 12.0. The number of halogens is 1. The molecule has 0 saturated carbocycles. The van der Waals surface area contributed by atoms with Crippen LogP contribution in [0.25, 0.3) is 0 Å². The van der Waals surface area contributed by atoms with Gasteiger partial charge in [-0.1, -0.05) is 13.0 Å². The quantitative estimate of drug-likeness (QED) is 0.773. The fourth-order valence-corrected chi connectivity index (χ4v) is 1.28. The third kappa shape index (κ3) is 4.16. The fraction of sp³-hybridized carbons (Fsp3) is 0.500. The monoisotopic (exact) mass is 227 g/mol. The number of benzene rings is 1. The van der Waals surface area contributed by atoms with Crippen LogP contribution in [-0.4, -0.2) is 30.9 Å². The van der Waals surface area contributed by atoms with Crippen LogP contribution in [0.1, 0.15) is 12.5 Å². The van der Waals surface area contributed by atoms with Gasteiger partial charge in [0.2, 0.25) is 0 Å². The molecule has 0 aliphatic heterocycles. The van der Waals surface area contributed by atoms with Gasteiger partial charge in [-0.2, -0.15) is 0 Å². The first kappa shape index (κ1) is 12.9. The van der Waals surface area contributed by atoms with Crippen molar-refractivity contribution in [3.05, 3.63) is 29.6 Å². The number of hydrogen-bond acceptors (Lipinski definition) is 3. The van der Waals surface area contributed by atoms with Crippen LogP contribution >= 0.6 is 0 Å². The summed E-state index contributed by atoms with van der Waals surface area (Å²) in [4.78, 5) is 0. The van der Waals surface area contributed by atoms with Crippen molar-refractivity contribution < 1.29 is 14.2 Å². The van der Waals surface area contributed by atoms with Crippen molar-refractivity contribution in [1.82, 2.24) is 5.32 Å². The van der Waals surface area contributed by atoms with E-state index in [1.807, 2.05) is 13.8 Å². The molecule has 1 aromatic rings. The van der Waals surface area contributed by atoms with Crippen LogP contribution in [0.4, 0.5) is 4.39 Å². The first-order valence-corrected chi connectivity index (χ1v) is 5.41. The molecule has 4 heteroatoms. The van der Waals surface area contributed by atoms with E-state index in [1.54, 1.807) is 12.1 Å². The average Bonchev–Trinajstić information content (AvgIpc) is 2.27. The average molecular weight is 227 g/mol. The zero-order valence-electron chi connectivity index (χ0n) is 9.66. The van der Waals surface area contributed by atoms with Gasteiger partial charge in [0.15, 0.2) is 11.6 Å². The molecule has 16 heavy (non-hydrogen) atoms. The maximum Gasteiger partial charge on any atom is 0.165 e. The van der Waals surface area contributed by atoms with Gasteiger partial charge in [0.25, 0.3) is 0 Å². The van der Waals surface area contributed by atoms with Gasteiger partial charge in [0.1, 0.15) is 12.7 Å². The van der Waals surface area contributed by atoms with E-state index in [2.05, 4.69) is 5.32 Å². The maximum absolute atomic E-state index is 13.2. The molecule has 1 atom stereocenters. The Bertz CT molecular complexity index is 331. The summed E-state index contributed by atoms with van der Waals surface area (Å²) in [6, 6.07) is 4.66. The molecule has 0 fully saturated rings. The van der Waals surface area contributed by atoms with E-state index in [0.29, 0.717) is 6.54 Å². The van der Waals surface area contributed by atoms with Crippen LogP contribution in [-0.2, 0) is 0 Å². The fourth-order valence-electron chi connectivity index (χ4n) is 1.28. The van der Waals surface area contributed by atoms with E-state index >= 15 is 0 Å². The Kier molecular flexibility index (Phi) is 5.22. The van der Waals surface area contributed by atoms with E-state index in [0.717, 1.165) is 12.1 Å². The minimum atomic E-state index is -0.625. The largest absolute Gasteiger partial charge is 0.488 e. The lowest BCUT2D eigenvalue weighted by atomic mass is 10.2. The Morgan fingerprint density at radius 1 is 1.50 bits per heavy atom. The lowest BCUT2D eigenvalue weighted by Gasteiger charge is -2.13. The predicted octanol–water partition coefficient (Wildman–Crippen LogP) is 1.48. The van der Waals surface area contributed by atoms with Crippen molar-refractivity contribution in [2.45, 2.75) is 20.0 Å². The molecule has 0 radical (unpaired) electrons. The number of hydrogen-bond donors (Lipinski definition) is 2. The summed E-state index contributed by atoms with van der Waals surface area (Å²) < 4.78 is 18.5. The summed E-state index contributed by atoms with van der Waals surface area (Å²) in [5, 5.41) is 12.5. The van der Waals surface area contributed by atoms with Crippen molar-refractivity contribution in [2.75, 3.05) is 19.7 Å². The van der Waals surface area contributed by atoms with Crippen LogP contribution < -0.4 is 10.1 Å². The van der Waals surface area contributed by atoms with Crippen LogP contribution in [0.3, 0.4) is 0 Å². The number of aliphatic hydroxyl groups excluding tert-OH is 1. The Hall–Kier alpha value is -1.13. The molecule has 1 unspecified atom stereocenters. The lowest BCUT2D eigenvalue weighted by molar-refractivity contribution is 0.104. The topological polar surface area (TPSA) is 41.5 Å². The Balaban J connectivity index is 2.44. The molecule has 0 spiro atoms. The highest BCUT2D eigenvalue weighted by Crippen LogP contribution is 2.18. The molecule has 0 aliphatic carbocycles. The molecular weight excluding hydrogens is 209 g/mol. The second-order valence-electron chi connectivity index (χ2n) is 3.71. The highest BCUT2D eigenvalue weighted by Gasteiger charge is 2.07. The molecule has 0 amide bonds. The maximum atomic E-state index is 13.2. The minimum Gasteiger partial charge on any atom is -0.488 e. The highest BCUT2D eigenvalue weighted by molar-refractivity contribution is 5.29. The molecular formula is C12H18FNO2. The van der Waals surface area contributed by atoms with Gasteiger partial charge >= 0.3 is 0 Å². The van der Waals surface area contributed by atoms with Gasteiger partial charge in [0.05, 0.1) is 0 Å². The Morgan fingerprint density at radius 2 is 2.25 bits per heavy atom. The number of ether oxygens (including phenoxy) is 1. The van der Waals surface area contributed by atoms with Crippen molar-refractivity contribution in [3.63, 3.8) is 0 Å². The van der Waals surface area contributed by atoms with Gasteiger partial charge in [0, 0.05) is 6.54 Å². The minimum absolute atomic E-state index is 0.0906. The van der Waals surface area contributed by atoms with Gasteiger partial charge in [-0.15, -0.1) is 0 Å². The number of likely N-dealkylation sites (N-methyl/N-ethyl adjacent to an activating group) is 1. The molecule has 1 rings (SSSR count). The van der Waals surface area contributed by atoms with Crippen LogP contribution in [0.5, 0.6) is 5.75 Å². The van der Waals surface area contributed by atoms with E-state index in [1.165, 1.54) is 6.07 Å². The van der Waals surface area contributed by atoms with E-state index < -0.39 is 11.9 Å². The number of aliphatic hydroxyl groups is 1. The SMILES string of the molecule is CCNCC(O)COc1cc(C)ccc1F. The highest BCUT2D eigenvalue weighted by atomic mass is 19.1. The molecule has 0 aromatic heterocycles. The molecule has 0 heterocycles. The molecule has 1 aromatic carbocycles. The van der Waals surface area contributed by atoms with Crippen molar-refractivity contribution in [1.29, 1.82) is 0 Å². The lowest BCUT2D eigenvalue weighted by Crippen LogP contribution is -2.31. The zero-order valence-corrected chi connectivity index (χ0v) is 9.66. The Morgan fingerprint density at radius 3 is 2.94 bits per heavy atom. The van der Waals surface area contributed by atoms with E-state index in [4.69, 9.17) is 4.74 Å². The predicted molar refractivity (Wildman–Crippen MR) is 61.2 cm³/mol. The third-order valence-electron chi connectivity index (χ3n) is 2.15. The second-order valence-corrected chi connectivity index (χ2v) is 3.71. The molecule has 2 N–H and O–H groups in total. The van der Waals surface area contributed by atoms with Crippen molar-refractivity contribution in [3.8, 4) is 5.75 Å². The number of aryl methyl sites for hydroxylation is 1. The number of rotatable bonds is 6. The van der Waals surface area contributed by atoms with Crippen molar-refractivity contribution in [2.24, 2.45) is 0 Å². The van der Waals surface area contributed by atoms with Crippen LogP contribution in [0.15, 0.2) is 18.2 Å². The standard InChI is InChI=1S/C12H18FNO2/c1-3-14-7-10(15)8-16-12-6-9(2)4-5-11(12)13/h4-6,10,14-15H,3,7-8H2,1-2H3. The molecule has 0 aliphatic rings. The molecule has 0 bridgehead atoms. The summed E-state index contributed by atoms with van der Waals surface area (Å²) in [7, 11) is 0. The van der Waals surface area contributed by atoms with Gasteiger partial charge in [-0.25, -0.2) is 4.39 Å². The number of nitrogens with one attached hydrogen (secondary N) is 1. The Labute approximate surface area is 95.2 Å². The first-order chi connectivity index (χ1) is 7.63. The summed E-state index contributed by atoms with van der Waals surface area (Å²) in [5.74, 6) is -0.211. The van der Waals surface area contributed by atoms with Crippen molar-refractivity contribution >= 4 is 0 Å². The summed E-state index contributed by atoms with van der Waals surface area (Å²) in [5.41, 5.74) is 0.928. The molecule has 3 nitrogen and oxygen atoms in total. The molecule has 90 valence electrons. The smallest absolute Gasteiger partial charge is 0.165 e. The second kappa shape index (κ2) is 6.45. The normalized spacial score (nSPS) is 12.5.